The van der Waals surface area contributed by atoms with Gasteiger partial charge in [0, 0.05) is 23.5 Å². The SMILES string of the molecule is CCCCOc1ccc(C(=O)C=CNc2ccc(OCC)cc2)cc1. The van der Waals surface area contributed by atoms with E-state index in [4.69, 9.17) is 9.47 Å². The standard InChI is InChI=1S/C21H25NO3/c1-3-5-16-25-20-10-6-17(7-11-20)21(23)14-15-22-18-8-12-19(13-9-18)24-4-2/h6-15,22H,3-5,16H2,1-2H3. The van der Waals surface area contributed by atoms with Crippen LogP contribution in [0, 0.1) is 0 Å². The van der Waals surface area contributed by atoms with Gasteiger partial charge < -0.3 is 14.8 Å². The van der Waals surface area contributed by atoms with Gasteiger partial charge in [-0.3, -0.25) is 4.79 Å². The second-order valence-electron chi connectivity index (χ2n) is 5.53. The molecule has 0 aliphatic rings. The highest BCUT2D eigenvalue weighted by molar-refractivity contribution is 6.04. The summed E-state index contributed by atoms with van der Waals surface area (Å²) in [5.74, 6) is 1.56. The zero-order chi connectivity index (χ0) is 17.9. The lowest BCUT2D eigenvalue weighted by Crippen LogP contribution is -1.99. The summed E-state index contributed by atoms with van der Waals surface area (Å²) in [4.78, 5) is 12.2. The maximum absolute atomic E-state index is 12.2. The van der Waals surface area contributed by atoms with E-state index < -0.39 is 0 Å². The molecule has 0 aromatic heterocycles. The van der Waals surface area contributed by atoms with E-state index >= 15 is 0 Å². The Bertz CT molecular complexity index is 675. The molecule has 0 fully saturated rings. The van der Waals surface area contributed by atoms with Gasteiger partial charge in [0.2, 0.25) is 0 Å². The average molecular weight is 339 g/mol. The van der Waals surface area contributed by atoms with Crippen molar-refractivity contribution in [3.63, 3.8) is 0 Å². The van der Waals surface area contributed by atoms with Crippen LogP contribution < -0.4 is 14.8 Å². The molecule has 0 amide bonds. The fourth-order valence-electron chi connectivity index (χ4n) is 2.17. The van der Waals surface area contributed by atoms with Crippen molar-refractivity contribution in [2.24, 2.45) is 0 Å². The van der Waals surface area contributed by atoms with Crippen LogP contribution in [0.25, 0.3) is 0 Å². The van der Waals surface area contributed by atoms with Crippen LogP contribution >= 0.6 is 0 Å². The molecule has 0 radical (unpaired) electrons. The predicted octanol–water partition coefficient (Wildman–Crippen LogP) is 5.07. The van der Waals surface area contributed by atoms with Gasteiger partial charge in [-0.1, -0.05) is 13.3 Å². The second-order valence-corrected chi connectivity index (χ2v) is 5.53. The van der Waals surface area contributed by atoms with E-state index in [0.717, 1.165) is 30.0 Å². The summed E-state index contributed by atoms with van der Waals surface area (Å²) in [6, 6.07) is 14.8. The Labute approximate surface area is 149 Å². The molecule has 2 aromatic rings. The molecule has 4 nitrogen and oxygen atoms in total. The van der Waals surface area contributed by atoms with E-state index in [0.29, 0.717) is 18.8 Å². The lowest BCUT2D eigenvalue weighted by atomic mass is 10.1. The van der Waals surface area contributed by atoms with Crippen LogP contribution in [0.1, 0.15) is 37.0 Å². The van der Waals surface area contributed by atoms with Gasteiger partial charge in [0.25, 0.3) is 0 Å². The number of rotatable bonds is 10. The van der Waals surface area contributed by atoms with Crippen LogP contribution in [0.4, 0.5) is 5.69 Å². The first-order valence-electron chi connectivity index (χ1n) is 8.66. The Hall–Kier alpha value is -2.75. The zero-order valence-electron chi connectivity index (χ0n) is 14.8. The number of carbonyl (C=O) groups excluding carboxylic acids is 1. The Kier molecular flexibility index (Phi) is 7.57. The number of allylic oxidation sites excluding steroid dienone is 1. The van der Waals surface area contributed by atoms with Crippen molar-refractivity contribution in [1.29, 1.82) is 0 Å². The van der Waals surface area contributed by atoms with Crippen LogP contribution in [-0.2, 0) is 0 Å². The molecule has 4 heteroatoms. The molecule has 0 unspecified atom stereocenters. The fourth-order valence-corrected chi connectivity index (χ4v) is 2.17. The third-order valence-electron chi connectivity index (χ3n) is 3.56. The third kappa shape index (κ3) is 6.34. The van der Waals surface area contributed by atoms with E-state index in [1.165, 1.54) is 6.08 Å². The van der Waals surface area contributed by atoms with Gasteiger partial charge in [-0.25, -0.2) is 0 Å². The summed E-state index contributed by atoms with van der Waals surface area (Å²) >= 11 is 0. The minimum Gasteiger partial charge on any atom is -0.494 e. The highest BCUT2D eigenvalue weighted by Crippen LogP contribution is 2.16. The molecule has 2 rings (SSSR count). The molecule has 2 aromatic carbocycles. The van der Waals surface area contributed by atoms with Crippen molar-refractivity contribution in [3.05, 3.63) is 66.4 Å². The van der Waals surface area contributed by atoms with Gasteiger partial charge in [0.1, 0.15) is 11.5 Å². The van der Waals surface area contributed by atoms with E-state index in [1.54, 1.807) is 18.3 Å². The Morgan fingerprint density at radius 2 is 1.60 bits per heavy atom. The Balaban J connectivity index is 1.85. The maximum Gasteiger partial charge on any atom is 0.187 e. The highest BCUT2D eigenvalue weighted by Gasteiger charge is 2.02. The summed E-state index contributed by atoms with van der Waals surface area (Å²) in [7, 11) is 0. The molecule has 0 atom stereocenters. The number of ketones is 1. The first-order valence-corrected chi connectivity index (χ1v) is 8.66. The van der Waals surface area contributed by atoms with Crippen LogP contribution in [-0.4, -0.2) is 19.0 Å². The summed E-state index contributed by atoms with van der Waals surface area (Å²) in [5, 5.41) is 3.08. The molecule has 0 saturated carbocycles. The van der Waals surface area contributed by atoms with E-state index in [9.17, 15) is 4.79 Å². The Morgan fingerprint density at radius 1 is 0.960 bits per heavy atom. The number of carbonyl (C=O) groups is 1. The normalized spacial score (nSPS) is 10.6. The van der Waals surface area contributed by atoms with Crippen molar-refractivity contribution in [2.75, 3.05) is 18.5 Å². The van der Waals surface area contributed by atoms with Crippen LogP contribution in [0.5, 0.6) is 11.5 Å². The molecule has 0 aliphatic heterocycles. The molecule has 1 N–H and O–H groups in total. The maximum atomic E-state index is 12.2. The van der Waals surface area contributed by atoms with Crippen LogP contribution in [0.15, 0.2) is 60.8 Å². The Morgan fingerprint density at radius 3 is 2.24 bits per heavy atom. The predicted molar refractivity (Wildman–Crippen MR) is 102 cm³/mol. The smallest absolute Gasteiger partial charge is 0.187 e. The van der Waals surface area contributed by atoms with Gasteiger partial charge in [0.05, 0.1) is 13.2 Å². The first kappa shape index (κ1) is 18.6. The first-order chi connectivity index (χ1) is 12.2. The molecular formula is C21H25NO3. The molecule has 0 spiro atoms. The number of anilines is 1. The quantitative estimate of drug-likeness (QED) is 0.373. The minimum atomic E-state index is -0.0569. The summed E-state index contributed by atoms with van der Waals surface area (Å²) < 4.78 is 11.0. The fraction of sp³-hybridized carbons (Fsp3) is 0.286. The molecule has 0 aliphatic carbocycles. The minimum absolute atomic E-state index is 0.0569. The summed E-state index contributed by atoms with van der Waals surface area (Å²) in [6.45, 7) is 5.42. The van der Waals surface area contributed by atoms with Gasteiger partial charge in [-0.2, -0.15) is 0 Å². The number of hydrogen-bond acceptors (Lipinski definition) is 4. The van der Waals surface area contributed by atoms with Gasteiger partial charge in [0.15, 0.2) is 5.78 Å². The number of unbranched alkanes of at least 4 members (excludes halogenated alkanes) is 1. The monoisotopic (exact) mass is 339 g/mol. The number of ether oxygens (including phenoxy) is 2. The van der Waals surface area contributed by atoms with Crippen molar-refractivity contribution < 1.29 is 14.3 Å². The van der Waals surface area contributed by atoms with Crippen molar-refractivity contribution in [1.82, 2.24) is 0 Å². The second kappa shape index (κ2) is 10.2. The van der Waals surface area contributed by atoms with Crippen molar-refractivity contribution in [3.8, 4) is 11.5 Å². The molecule has 0 bridgehead atoms. The number of benzene rings is 2. The van der Waals surface area contributed by atoms with E-state index in [1.807, 2.05) is 43.3 Å². The van der Waals surface area contributed by atoms with E-state index in [2.05, 4.69) is 12.2 Å². The summed E-state index contributed by atoms with van der Waals surface area (Å²) in [5.41, 5.74) is 1.53. The zero-order valence-corrected chi connectivity index (χ0v) is 14.8. The number of hydrogen-bond donors (Lipinski definition) is 1. The summed E-state index contributed by atoms with van der Waals surface area (Å²) in [6.07, 6.45) is 5.29. The molecule has 132 valence electrons. The average Bonchev–Trinajstić information content (AvgIpc) is 2.64. The van der Waals surface area contributed by atoms with Crippen LogP contribution in [0.3, 0.4) is 0 Å². The lowest BCUT2D eigenvalue weighted by molar-refractivity contribution is 0.104. The van der Waals surface area contributed by atoms with Gasteiger partial charge in [-0.05, 0) is 61.9 Å². The van der Waals surface area contributed by atoms with Gasteiger partial charge in [-0.15, -0.1) is 0 Å². The highest BCUT2D eigenvalue weighted by atomic mass is 16.5. The molecule has 0 heterocycles. The molecular weight excluding hydrogens is 314 g/mol. The van der Waals surface area contributed by atoms with Gasteiger partial charge >= 0.3 is 0 Å². The van der Waals surface area contributed by atoms with Crippen LogP contribution in [0.2, 0.25) is 0 Å². The number of nitrogens with one attached hydrogen (secondary N) is 1. The largest absolute Gasteiger partial charge is 0.494 e. The van der Waals surface area contributed by atoms with E-state index in [-0.39, 0.29) is 5.78 Å². The van der Waals surface area contributed by atoms with Crippen molar-refractivity contribution in [2.45, 2.75) is 26.7 Å². The molecule has 0 saturated heterocycles. The third-order valence-corrected chi connectivity index (χ3v) is 3.56. The topological polar surface area (TPSA) is 47.6 Å². The lowest BCUT2D eigenvalue weighted by Gasteiger charge is -2.06. The van der Waals surface area contributed by atoms with Crippen molar-refractivity contribution >= 4 is 11.5 Å². The molecule has 25 heavy (non-hydrogen) atoms.